The third-order valence-electron chi connectivity index (χ3n) is 2.79. The molecular formula is C16H13ClFNO3. The van der Waals surface area contributed by atoms with Gasteiger partial charge < -0.3 is 10.1 Å². The van der Waals surface area contributed by atoms with Gasteiger partial charge in [-0.25, -0.2) is 9.18 Å². The Morgan fingerprint density at radius 2 is 1.86 bits per heavy atom. The summed E-state index contributed by atoms with van der Waals surface area (Å²) in [5, 5.41) is 3.19. The van der Waals surface area contributed by atoms with E-state index in [9.17, 15) is 14.0 Å². The fraction of sp³-hybridized carbons (Fsp3) is 0.125. The zero-order valence-electron chi connectivity index (χ0n) is 11.5. The highest BCUT2D eigenvalue weighted by Gasteiger charge is 2.10. The summed E-state index contributed by atoms with van der Waals surface area (Å²) in [7, 11) is 0. The molecule has 2 aromatic rings. The van der Waals surface area contributed by atoms with E-state index in [0.717, 1.165) is 17.7 Å². The van der Waals surface area contributed by atoms with Crippen LogP contribution in [0, 0.1) is 5.82 Å². The predicted octanol–water partition coefficient (Wildman–Crippen LogP) is 2.95. The third-order valence-corrected chi connectivity index (χ3v) is 3.03. The second-order valence-electron chi connectivity index (χ2n) is 4.49. The highest BCUT2D eigenvalue weighted by Crippen LogP contribution is 2.10. The van der Waals surface area contributed by atoms with E-state index in [0.29, 0.717) is 5.02 Å². The van der Waals surface area contributed by atoms with Gasteiger partial charge in [0.15, 0.2) is 6.61 Å². The van der Waals surface area contributed by atoms with Crippen LogP contribution in [0.15, 0.2) is 48.5 Å². The summed E-state index contributed by atoms with van der Waals surface area (Å²) in [5.41, 5.74) is 1.02. The third kappa shape index (κ3) is 4.86. The van der Waals surface area contributed by atoms with E-state index in [2.05, 4.69) is 5.32 Å². The average molecular weight is 322 g/mol. The van der Waals surface area contributed by atoms with E-state index in [1.54, 1.807) is 18.2 Å². The lowest BCUT2D eigenvalue weighted by Crippen LogP contribution is -2.28. The minimum atomic E-state index is -0.682. The van der Waals surface area contributed by atoms with Crippen LogP contribution in [-0.4, -0.2) is 18.5 Å². The van der Waals surface area contributed by atoms with Gasteiger partial charge in [-0.05, 0) is 42.0 Å². The lowest BCUT2D eigenvalue weighted by Gasteiger charge is -2.07. The lowest BCUT2D eigenvalue weighted by atomic mass is 10.2. The van der Waals surface area contributed by atoms with Crippen LogP contribution < -0.4 is 5.32 Å². The number of amides is 1. The van der Waals surface area contributed by atoms with Gasteiger partial charge in [0.2, 0.25) is 0 Å². The number of nitrogens with one attached hydrogen (secondary N) is 1. The number of carbonyl (C=O) groups excluding carboxylic acids is 2. The lowest BCUT2D eigenvalue weighted by molar-refractivity contribution is -0.124. The van der Waals surface area contributed by atoms with Gasteiger partial charge >= 0.3 is 5.97 Å². The molecule has 22 heavy (non-hydrogen) atoms. The topological polar surface area (TPSA) is 55.4 Å². The van der Waals surface area contributed by atoms with Gasteiger partial charge in [0, 0.05) is 11.6 Å². The van der Waals surface area contributed by atoms with Crippen LogP contribution in [-0.2, 0) is 16.1 Å². The number of carbonyl (C=O) groups is 2. The molecule has 2 rings (SSSR count). The maximum Gasteiger partial charge on any atom is 0.338 e. The molecule has 0 spiro atoms. The SMILES string of the molecule is O=C(COC(=O)c1ccc(F)cc1)NCc1cccc(Cl)c1. The molecule has 6 heteroatoms. The van der Waals surface area contributed by atoms with Crippen LogP contribution in [0.5, 0.6) is 0 Å². The number of benzene rings is 2. The first-order valence-electron chi connectivity index (χ1n) is 6.48. The highest BCUT2D eigenvalue weighted by atomic mass is 35.5. The van der Waals surface area contributed by atoms with Crippen LogP contribution in [0.4, 0.5) is 4.39 Å². The molecule has 0 radical (unpaired) electrons. The smallest absolute Gasteiger partial charge is 0.338 e. The van der Waals surface area contributed by atoms with Crippen molar-refractivity contribution < 1.29 is 18.7 Å². The number of halogens is 2. The Morgan fingerprint density at radius 3 is 2.55 bits per heavy atom. The van der Waals surface area contributed by atoms with Crippen molar-refractivity contribution >= 4 is 23.5 Å². The summed E-state index contributed by atoms with van der Waals surface area (Å²) >= 11 is 5.83. The standard InChI is InChI=1S/C16H13ClFNO3/c17-13-3-1-2-11(8-13)9-19-15(20)10-22-16(21)12-4-6-14(18)7-5-12/h1-8H,9-10H2,(H,19,20). The van der Waals surface area contributed by atoms with Crippen molar-refractivity contribution in [2.75, 3.05) is 6.61 Å². The minimum absolute atomic E-state index is 0.184. The van der Waals surface area contributed by atoms with Crippen LogP contribution in [0.1, 0.15) is 15.9 Å². The molecule has 0 aromatic heterocycles. The maximum atomic E-state index is 12.7. The van der Waals surface area contributed by atoms with Crippen LogP contribution in [0.25, 0.3) is 0 Å². The Kier molecular flexibility index (Phi) is 5.49. The average Bonchev–Trinajstić information content (AvgIpc) is 2.51. The number of ether oxygens (including phenoxy) is 1. The quantitative estimate of drug-likeness (QED) is 0.861. The van der Waals surface area contributed by atoms with Crippen molar-refractivity contribution in [3.63, 3.8) is 0 Å². The van der Waals surface area contributed by atoms with Crippen LogP contribution in [0.2, 0.25) is 5.02 Å². The fourth-order valence-corrected chi connectivity index (χ4v) is 1.91. The van der Waals surface area contributed by atoms with Gasteiger partial charge in [-0.3, -0.25) is 4.79 Å². The van der Waals surface area contributed by atoms with E-state index in [4.69, 9.17) is 16.3 Å². The molecule has 1 N–H and O–H groups in total. The molecular weight excluding hydrogens is 309 g/mol. The molecule has 0 atom stereocenters. The maximum absolute atomic E-state index is 12.7. The van der Waals surface area contributed by atoms with Crippen LogP contribution >= 0.6 is 11.6 Å². The molecule has 114 valence electrons. The minimum Gasteiger partial charge on any atom is -0.452 e. The number of esters is 1. The summed E-state index contributed by atoms with van der Waals surface area (Å²) in [6.07, 6.45) is 0. The second kappa shape index (κ2) is 7.56. The second-order valence-corrected chi connectivity index (χ2v) is 4.93. The van der Waals surface area contributed by atoms with Crippen molar-refractivity contribution in [2.45, 2.75) is 6.54 Å². The molecule has 0 bridgehead atoms. The van der Waals surface area contributed by atoms with Gasteiger partial charge in [-0.1, -0.05) is 23.7 Å². The Morgan fingerprint density at radius 1 is 1.14 bits per heavy atom. The van der Waals surface area contributed by atoms with Crippen molar-refractivity contribution in [2.24, 2.45) is 0 Å². The van der Waals surface area contributed by atoms with E-state index in [1.807, 2.05) is 6.07 Å². The normalized spacial score (nSPS) is 10.1. The first-order valence-corrected chi connectivity index (χ1v) is 6.86. The summed E-state index contributed by atoms with van der Waals surface area (Å²) in [4.78, 5) is 23.2. The van der Waals surface area contributed by atoms with Gasteiger partial charge in [0.25, 0.3) is 5.91 Å². The Labute approximate surface area is 131 Å². The number of hydrogen-bond acceptors (Lipinski definition) is 3. The molecule has 0 fully saturated rings. The number of rotatable bonds is 5. The molecule has 0 unspecified atom stereocenters. The fourth-order valence-electron chi connectivity index (χ4n) is 1.70. The predicted molar refractivity (Wildman–Crippen MR) is 80.0 cm³/mol. The molecule has 0 aliphatic carbocycles. The van der Waals surface area contributed by atoms with E-state index in [-0.39, 0.29) is 12.1 Å². The first-order chi connectivity index (χ1) is 10.5. The van der Waals surface area contributed by atoms with E-state index in [1.165, 1.54) is 12.1 Å². The molecule has 0 aliphatic rings. The molecule has 0 aliphatic heterocycles. The molecule has 0 heterocycles. The van der Waals surface area contributed by atoms with Crippen molar-refractivity contribution in [1.29, 1.82) is 0 Å². The number of hydrogen-bond donors (Lipinski definition) is 1. The van der Waals surface area contributed by atoms with Crippen molar-refractivity contribution in [3.8, 4) is 0 Å². The van der Waals surface area contributed by atoms with Crippen molar-refractivity contribution in [1.82, 2.24) is 5.32 Å². The van der Waals surface area contributed by atoms with Gasteiger partial charge in [-0.15, -0.1) is 0 Å². The van der Waals surface area contributed by atoms with E-state index < -0.39 is 24.3 Å². The summed E-state index contributed by atoms with van der Waals surface area (Å²) in [6.45, 7) is -0.121. The van der Waals surface area contributed by atoms with E-state index >= 15 is 0 Å². The molecule has 1 amide bonds. The zero-order chi connectivity index (χ0) is 15.9. The summed E-state index contributed by atoms with van der Waals surface area (Å²) < 4.78 is 17.6. The zero-order valence-corrected chi connectivity index (χ0v) is 12.3. The summed E-state index contributed by atoms with van der Waals surface area (Å²) in [6, 6.07) is 11.9. The van der Waals surface area contributed by atoms with Gasteiger partial charge in [-0.2, -0.15) is 0 Å². The highest BCUT2D eigenvalue weighted by molar-refractivity contribution is 6.30. The Bertz CT molecular complexity index is 673. The summed E-state index contributed by atoms with van der Waals surface area (Å²) in [5.74, 6) is -1.57. The first kappa shape index (κ1) is 16.0. The van der Waals surface area contributed by atoms with Crippen molar-refractivity contribution in [3.05, 3.63) is 70.5 Å². The molecule has 2 aromatic carbocycles. The monoisotopic (exact) mass is 321 g/mol. The largest absolute Gasteiger partial charge is 0.452 e. The Hall–Kier alpha value is -2.40. The molecule has 0 saturated heterocycles. The Balaban J connectivity index is 1.78. The van der Waals surface area contributed by atoms with Crippen LogP contribution in [0.3, 0.4) is 0 Å². The molecule has 4 nitrogen and oxygen atoms in total. The van der Waals surface area contributed by atoms with Gasteiger partial charge in [0.1, 0.15) is 5.82 Å². The van der Waals surface area contributed by atoms with Gasteiger partial charge in [0.05, 0.1) is 5.56 Å². The molecule has 0 saturated carbocycles.